The van der Waals surface area contributed by atoms with E-state index in [0.29, 0.717) is 0 Å². The normalized spacial score (nSPS) is 11.6. The maximum Gasteiger partial charge on any atom is 0.326 e. The SMILES string of the molecule is O=C(O)CC(Nc1cccc(Cl)c1[N+](=O)[O-])C(=O)O. The molecule has 1 aromatic rings. The third-order valence-electron chi connectivity index (χ3n) is 2.18. The van der Waals surface area contributed by atoms with E-state index < -0.39 is 35.0 Å². The van der Waals surface area contributed by atoms with E-state index in [1.165, 1.54) is 18.2 Å². The molecule has 0 heterocycles. The van der Waals surface area contributed by atoms with Gasteiger partial charge in [-0.15, -0.1) is 0 Å². The first-order valence-electron chi connectivity index (χ1n) is 4.97. The number of carboxylic acid groups (broad SMARTS) is 2. The standard InChI is InChI=1S/C10H9ClN2O6/c11-5-2-1-3-6(9(5)13(18)19)12-7(10(16)17)4-8(14)15/h1-3,7,12H,4H2,(H,14,15)(H,16,17). The van der Waals surface area contributed by atoms with Crippen LogP contribution in [0.5, 0.6) is 0 Å². The van der Waals surface area contributed by atoms with Gasteiger partial charge < -0.3 is 15.5 Å². The van der Waals surface area contributed by atoms with Crippen LogP contribution in [0.15, 0.2) is 18.2 Å². The Balaban J connectivity index is 3.09. The van der Waals surface area contributed by atoms with Gasteiger partial charge in [0.2, 0.25) is 0 Å². The van der Waals surface area contributed by atoms with Crippen LogP contribution in [0.25, 0.3) is 0 Å². The molecular formula is C10H9ClN2O6. The lowest BCUT2D eigenvalue weighted by atomic mass is 10.2. The second-order valence-corrected chi connectivity index (χ2v) is 3.93. The fraction of sp³-hybridized carbons (Fsp3) is 0.200. The molecule has 1 rings (SSSR count). The van der Waals surface area contributed by atoms with E-state index >= 15 is 0 Å². The number of halogens is 1. The summed E-state index contributed by atoms with van der Waals surface area (Å²) in [7, 11) is 0. The molecule has 0 saturated heterocycles. The van der Waals surface area contributed by atoms with Crippen molar-refractivity contribution in [3.8, 4) is 0 Å². The predicted molar refractivity (Wildman–Crippen MR) is 65.4 cm³/mol. The van der Waals surface area contributed by atoms with Gasteiger partial charge >= 0.3 is 17.6 Å². The van der Waals surface area contributed by atoms with Gasteiger partial charge in [-0.25, -0.2) is 4.79 Å². The van der Waals surface area contributed by atoms with Gasteiger partial charge in [-0.1, -0.05) is 17.7 Å². The number of rotatable bonds is 6. The lowest BCUT2D eigenvalue weighted by Gasteiger charge is -2.14. The van der Waals surface area contributed by atoms with Crippen molar-refractivity contribution < 1.29 is 24.7 Å². The number of nitro groups is 1. The van der Waals surface area contributed by atoms with Gasteiger partial charge in [-0.3, -0.25) is 14.9 Å². The molecule has 0 bridgehead atoms. The fourth-order valence-corrected chi connectivity index (χ4v) is 1.62. The Labute approximate surface area is 111 Å². The minimum Gasteiger partial charge on any atom is -0.481 e. The molecule has 0 fully saturated rings. The summed E-state index contributed by atoms with van der Waals surface area (Å²) in [5, 5.41) is 30.4. The first-order valence-corrected chi connectivity index (χ1v) is 5.34. The van der Waals surface area contributed by atoms with Crippen molar-refractivity contribution in [3.05, 3.63) is 33.3 Å². The third kappa shape index (κ3) is 3.81. The molecule has 0 aliphatic rings. The van der Waals surface area contributed by atoms with Gasteiger partial charge in [0.1, 0.15) is 16.8 Å². The highest BCUT2D eigenvalue weighted by atomic mass is 35.5. The molecule has 0 aliphatic heterocycles. The van der Waals surface area contributed by atoms with Crippen LogP contribution in [-0.2, 0) is 9.59 Å². The van der Waals surface area contributed by atoms with Gasteiger partial charge in [0.15, 0.2) is 0 Å². The number of nitrogens with one attached hydrogen (secondary N) is 1. The molecule has 102 valence electrons. The number of nitro benzene ring substituents is 1. The first-order chi connectivity index (χ1) is 8.82. The molecule has 9 heteroatoms. The summed E-state index contributed by atoms with van der Waals surface area (Å²) in [5.41, 5.74) is -0.646. The Morgan fingerprint density at radius 2 is 2.05 bits per heavy atom. The summed E-state index contributed by atoms with van der Waals surface area (Å²) < 4.78 is 0. The van der Waals surface area contributed by atoms with E-state index in [1.54, 1.807) is 0 Å². The minimum absolute atomic E-state index is 0.147. The maximum atomic E-state index is 10.9. The highest BCUT2D eigenvalue weighted by Gasteiger charge is 2.25. The van der Waals surface area contributed by atoms with E-state index in [4.69, 9.17) is 21.8 Å². The summed E-state index contributed by atoms with van der Waals surface area (Å²) in [5.74, 6) is -2.78. The number of carbonyl (C=O) groups is 2. The molecule has 3 N–H and O–H groups in total. The fourth-order valence-electron chi connectivity index (χ4n) is 1.38. The Kier molecular flexibility index (Phi) is 4.65. The molecule has 0 amide bonds. The topological polar surface area (TPSA) is 130 Å². The van der Waals surface area contributed by atoms with Gasteiger partial charge in [0.25, 0.3) is 0 Å². The van der Waals surface area contributed by atoms with Crippen molar-refractivity contribution in [2.75, 3.05) is 5.32 Å². The number of hydrogen-bond donors (Lipinski definition) is 3. The van der Waals surface area contributed by atoms with Gasteiger partial charge in [-0.2, -0.15) is 0 Å². The van der Waals surface area contributed by atoms with Crippen LogP contribution in [0.2, 0.25) is 5.02 Å². The minimum atomic E-state index is -1.49. The summed E-state index contributed by atoms with van der Waals surface area (Å²) in [6.07, 6.45) is -0.723. The second kappa shape index (κ2) is 6.01. The molecule has 1 aromatic carbocycles. The Hall–Kier alpha value is -2.35. The molecule has 1 atom stereocenters. The maximum absolute atomic E-state index is 10.9. The zero-order valence-corrected chi connectivity index (χ0v) is 10.1. The number of anilines is 1. The molecule has 8 nitrogen and oxygen atoms in total. The monoisotopic (exact) mass is 288 g/mol. The molecular weight excluding hydrogens is 280 g/mol. The van der Waals surface area contributed by atoms with Gasteiger partial charge in [0.05, 0.1) is 11.3 Å². The number of nitrogens with zero attached hydrogens (tertiary/aromatic N) is 1. The van der Waals surface area contributed by atoms with Gasteiger partial charge in [0, 0.05) is 0 Å². The largest absolute Gasteiger partial charge is 0.481 e. The van der Waals surface area contributed by atoms with Crippen LogP contribution in [0.4, 0.5) is 11.4 Å². The predicted octanol–water partition coefficient (Wildman–Crippen LogP) is 1.59. The Morgan fingerprint density at radius 1 is 1.42 bits per heavy atom. The molecule has 0 radical (unpaired) electrons. The molecule has 19 heavy (non-hydrogen) atoms. The summed E-state index contributed by atoms with van der Waals surface area (Å²) >= 11 is 5.65. The molecule has 0 aliphatic carbocycles. The van der Waals surface area contributed by atoms with E-state index in [9.17, 15) is 19.7 Å². The number of aliphatic carboxylic acids is 2. The lowest BCUT2D eigenvalue weighted by Crippen LogP contribution is -2.32. The summed E-state index contributed by atoms with van der Waals surface area (Å²) in [6.45, 7) is 0. The van der Waals surface area contributed by atoms with Crippen molar-refractivity contribution in [3.63, 3.8) is 0 Å². The first kappa shape index (κ1) is 14.7. The number of hydrogen-bond acceptors (Lipinski definition) is 5. The molecule has 0 spiro atoms. The zero-order chi connectivity index (χ0) is 14.6. The highest BCUT2D eigenvalue weighted by Crippen LogP contribution is 2.32. The molecule has 1 unspecified atom stereocenters. The van der Waals surface area contributed by atoms with Crippen LogP contribution in [0, 0.1) is 10.1 Å². The number of benzene rings is 1. The van der Waals surface area contributed by atoms with E-state index in [0.717, 1.165) is 0 Å². The van der Waals surface area contributed by atoms with Crippen LogP contribution < -0.4 is 5.32 Å². The van der Waals surface area contributed by atoms with Crippen LogP contribution >= 0.6 is 11.6 Å². The quantitative estimate of drug-likeness (QED) is 0.535. The summed E-state index contributed by atoms with van der Waals surface area (Å²) in [4.78, 5) is 31.5. The number of para-hydroxylation sites is 1. The van der Waals surface area contributed by atoms with Crippen molar-refractivity contribution >= 4 is 34.9 Å². The van der Waals surface area contributed by atoms with Crippen molar-refractivity contribution in [2.45, 2.75) is 12.5 Å². The van der Waals surface area contributed by atoms with Crippen molar-refractivity contribution in [1.82, 2.24) is 0 Å². The second-order valence-electron chi connectivity index (χ2n) is 3.53. The highest BCUT2D eigenvalue weighted by molar-refractivity contribution is 6.33. The van der Waals surface area contributed by atoms with E-state index in [2.05, 4.69) is 5.32 Å². The van der Waals surface area contributed by atoms with Crippen molar-refractivity contribution in [2.24, 2.45) is 0 Å². The summed E-state index contributed by atoms with van der Waals surface area (Å²) in [6, 6.07) is 2.42. The lowest BCUT2D eigenvalue weighted by molar-refractivity contribution is -0.383. The number of carboxylic acids is 2. The van der Waals surface area contributed by atoms with Gasteiger partial charge in [-0.05, 0) is 12.1 Å². The third-order valence-corrected chi connectivity index (χ3v) is 2.48. The molecule has 0 aromatic heterocycles. The zero-order valence-electron chi connectivity index (χ0n) is 9.37. The van der Waals surface area contributed by atoms with Crippen molar-refractivity contribution in [1.29, 1.82) is 0 Å². The average Bonchev–Trinajstić information content (AvgIpc) is 2.26. The van der Waals surface area contributed by atoms with E-state index in [-0.39, 0.29) is 10.7 Å². The average molecular weight is 289 g/mol. The van der Waals surface area contributed by atoms with Crippen LogP contribution in [-0.4, -0.2) is 33.1 Å². The Morgan fingerprint density at radius 3 is 2.53 bits per heavy atom. The van der Waals surface area contributed by atoms with Crippen LogP contribution in [0.3, 0.4) is 0 Å². The smallest absolute Gasteiger partial charge is 0.326 e. The van der Waals surface area contributed by atoms with E-state index in [1.807, 2.05) is 0 Å². The van der Waals surface area contributed by atoms with Crippen LogP contribution in [0.1, 0.15) is 6.42 Å². The Bertz CT molecular complexity index is 533. The molecule has 0 saturated carbocycles.